The van der Waals surface area contributed by atoms with Crippen LogP contribution in [0.5, 0.6) is 0 Å². The van der Waals surface area contributed by atoms with Crippen molar-refractivity contribution in [3.05, 3.63) is 30.1 Å². The molecule has 1 aliphatic rings. The maximum atomic E-state index is 11.9. The molecule has 0 bridgehead atoms. The summed E-state index contributed by atoms with van der Waals surface area (Å²) < 4.78 is 5.38. The third-order valence-electron chi connectivity index (χ3n) is 2.71. The summed E-state index contributed by atoms with van der Waals surface area (Å²) in [4.78, 5) is 16.1. The number of aromatic nitrogens is 1. The number of carbonyl (C=O) groups is 1. The van der Waals surface area contributed by atoms with Crippen LogP contribution in [0.4, 0.5) is 0 Å². The lowest BCUT2D eigenvalue weighted by atomic mass is 10.2. The number of rotatable bonds is 3. The molecule has 0 radical (unpaired) electrons. The minimum absolute atomic E-state index is 0.0876. The van der Waals surface area contributed by atoms with E-state index in [-0.39, 0.29) is 11.9 Å². The molecular formula is C12H17N3O2. The summed E-state index contributed by atoms with van der Waals surface area (Å²) in [7, 11) is 0. The van der Waals surface area contributed by atoms with E-state index in [9.17, 15) is 4.79 Å². The molecule has 5 nitrogen and oxygen atoms in total. The first-order chi connectivity index (χ1) is 8.27. The van der Waals surface area contributed by atoms with Crippen LogP contribution in [-0.2, 0) is 9.53 Å². The van der Waals surface area contributed by atoms with Gasteiger partial charge in [0.25, 0.3) is 5.91 Å². The Labute approximate surface area is 101 Å². The second-order valence-electron chi connectivity index (χ2n) is 4.05. The van der Waals surface area contributed by atoms with Gasteiger partial charge >= 0.3 is 0 Å². The van der Waals surface area contributed by atoms with Crippen LogP contribution in [0.2, 0.25) is 0 Å². The average Bonchev–Trinajstić information content (AvgIpc) is 2.40. The molecule has 1 amide bonds. The Morgan fingerprint density at radius 3 is 3.18 bits per heavy atom. The van der Waals surface area contributed by atoms with Crippen LogP contribution >= 0.6 is 0 Å². The fourth-order valence-electron chi connectivity index (χ4n) is 1.75. The SMILES string of the molecule is C[C@H](NC(=O)C1CNCCO1)c1ccccn1. The van der Waals surface area contributed by atoms with Gasteiger partial charge in [-0.25, -0.2) is 0 Å². The predicted molar refractivity (Wildman–Crippen MR) is 63.4 cm³/mol. The number of nitrogens with one attached hydrogen (secondary N) is 2. The Hall–Kier alpha value is -1.46. The van der Waals surface area contributed by atoms with Gasteiger partial charge in [-0.3, -0.25) is 9.78 Å². The summed E-state index contributed by atoms with van der Waals surface area (Å²) in [5, 5.41) is 6.03. The largest absolute Gasteiger partial charge is 0.366 e. The molecular weight excluding hydrogens is 218 g/mol. The highest BCUT2D eigenvalue weighted by molar-refractivity contribution is 5.81. The van der Waals surface area contributed by atoms with Crippen LogP contribution in [0.15, 0.2) is 24.4 Å². The van der Waals surface area contributed by atoms with Crippen molar-refractivity contribution in [1.82, 2.24) is 15.6 Å². The lowest BCUT2D eigenvalue weighted by molar-refractivity contribution is -0.134. The smallest absolute Gasteiger partial charge is 0.250 e. The van der Waals surface area contributed by atoms with Gasteiger partial charge in [-0.1, -0.05) is 6.07 Å². The molecule has 1 aromatic heterocycles. The number of morpholine rings is 1. The maximum Gasteiger partial charge on any atom is 0.250 e. The van der Waals surface area contributed by atoms with Gasteiger partial charge in [0.2, 0.25) is 0 Å². The van der Waals surface area contributed by atoms with E-state index in [1.54, 1.807) is 6.20 Å². The summed E-state index contributed by atoms with van der Waals surface area (Å²) in [6.07, 6.45) is 1.33. The number of ether oxygens (including phenoxy) is 1. The van der Waals surface area contributed by atoms with E-state index in [1.807, 2.05) is 25.1 Å². The van der Waals surface area contributed by atoms with Crippen molar-refractivity contribution in [2.45, 2.75) is 19.1 Å². The zero-order valence-electron chi connectivity index (χ0n) is 9.85. The Kier molecular flexibility index (Phi) is 4.06. The van der Waals surface area contributed by atoms with Gasteiger partial charge in [-0.15, -0.1) is 0 Å². The Balaban J connectivity index is 1.89. The van der Waals surface area contributed by atoms with Crippen LogP contribution in [0.3, 0.4) is 0 Å². The van der Waals surface area contributed by atoms with Crippen molar-refractivity contribution in [2.24, 2.45) is 0 Å². The zero-order chi connectivity index (χ0) is 12.1. The van der Waals surface area contributed by atoms with E-state index >= 15 is 0 Å². The van der Waals surface area contributed by atoms with Crippen molar-refractivity contribution >= 4 is 5.91 Å². The van der Waals surface area contributed by atoms with E-state index in [0.29, 0.717) is 13.2 Å². The summed E-state index contributed by atoms with van der Waals surface area (Å²) in [6.45, 7) is 3.87. The minimum Gasteiger partial charge on any atom is -0.366 e. The average molecular weight is 235 g/mol. The molecule has 17 heavy (non-hydrogen) atoms. The first kappa shape index (κ1) is 12.0. The summed E-state index contributed by atoms with van der Waals surface area (Å²) in [5.74, 6) is -0.0876. The second-order valence-corrected chi connectivity index (χ2v) is 4.05. The van der Waals surface area contributed by atoms with E-state index in [2.05, 4.69) is 15.6 Å². The van der Waals surface area contributed by atoms with Crippen molar-refractivity contribution in [3.8, 4) is 0 Å². The third-order valence-corrected chi connectivity index (χ3v) is 2.71. The van der Waals surface area contributed by atoms with E-state index in [4.69, 9.17) is 4.74 Å². The number of pyridine rings is 1. The van der Waals surface area contributed by atoms with Crippen molar-refractivity contribution < 1.29 is 9.53 Å². The van der Waals surface area contributed by atoms with Crippen LogP contribution < -0.4 is 10.6 Å². The summed E-state index contributed by atoms with van der Waals surface area (Å²) >= 11 is 0. The highest BCUT2D eigenvalue weighted by Gasteiger charge is 2.23. The quantitative estimate of drug-likeness (QED) is 0.788. The highest BCUT2D eigenvalue weighted by Crippen LogP contribution is 2.08. The standard InChI is InChI=1S/C12H17N3O2/c1-9(10-4-2-3-5-14-10)15-12(16)11-8-13-6-7-17-11/h2-5,9,11,13H,6-8H2,1H3,(H,15,16)/t9-,11?/m0/s1. The van der Waals surface area contributed by atoms with Crippen molar-refractivity contribution in [3.63, 3.8) is 0 Å². The van der Waals surface area contributed by atoms with Crippen molar-refractivity contribution in [2.75, 3.05) is 19.7 Å². The molecule has 1 unspecified atom stereocenters. The van der Waals surface area contributed by atoms with Crippen molar-refractivity contribution in [1.29, 1.82) is 0 Å². The molecule has 1 saturated heterocycles. The van der Waals surface area contributed by atoms with Crippen LogP contribution in [-0.4, -0.2) is 36.7 Å². The molecule has 0 aromatic carbocycles. The van der Waals surface area contributed by atoms with E-state index in [1.165, 1.54) is 0 Å². The molecule has 0 saturated carbocycles. The molecule has 2 heterocycles. The fourth-order valence-corrected chi connectivity index (χ4v) is 1.75. The molecule has 0 aliphatic carbocycles. The molecule has 0 spiro atoms. The Morgan fingerprint density at radius 1 is 1.65 bits per heavy atom. The first-order valence-electron chi connectivity index (χ1n) is 5.81. The molecule has 1 fully saturated rings. The fraction of sp³-hybridized carbons (Fsp3) is 0.500. The van der Waals surface area contributed by atoms with Gasteiger partial charge in [0, 0.05) is 19.3 Å². The predicted octanol–water partition coefficient (Wildman–Crippen LogP) is 0.247. The molecule has 92 valence electrons. The molecule has 1 aromatic rings. The number of amides is 1. The normalized spacial score (nSPS) is 21.8. The van der Waals surface area contributed by atoms with E-state index in [0.717, 1.165) is 12.2 Å². The number of hydrogen-bond acceptors (Lipinski definition) is 4. The number of hydrogen-bond donors (Lipinski definition) is 2. The summed E-state index contributed by atoms with van der Waals surface area (Å²) in [5.41, 5.74) is 0.851. The highest BCUT2D eigenvalue weighted by atomic mass is 16.5. The Morgan fingerprint density at radius 2 is 2.53 bits per heavy atom. The molecule has 1 aliphatic heterocycles. The van der Waals surface area contributed by atoms with Crippen LogP contribution in [0.1, 0.15) is 18.7 Å². The molecule has 5 heteroatoms. The van der Waals surface area contributed by atoms with Gasteiger partial charge in [0.1, 0.15) is 6.10 Å². The summed E-state index contributed by atoms with van der Waals surface area (Å²) in [6, 6.07) is 5.55. The lowest BCUT2D eigenvalue weighted by Gasteiger charge is -2.24. The van der Waals surface area contributed by atoms with Crippen LogP contribution in [0, 0.1) is 0 Å². The Bertz CT molecular complexity index is 363. The van der Waals surface area contributed by atoms with Gasteiger partial charge < -0.3 is 15.4 Å². The van der Waals surface area contributed by atoms with Crippen LogP contribution in [0.25, 0.3) is 0 Å². The zero-order valence-corrected chi connectivity index (χ0v) is 9.85. The van der Waals surface area contributed by atoms with Gasteiger partial charge in [-0.05, 0) is 19.1 Å². The van der Waals surface area contributed by atoms with Gasteiger partial charge in [0.05, 0.1) is 18.3 Å². The maximum absolute atomic E-state index is 11.9. The molecule has 2 rings (SSSR count). The monoisotopic (exact) mass is 235 g/mol. The van der Waals surface area contributed by atoms with Gasteiger partial charge in [-0.2, -0.15) is 0 Å². The first-order valence-corrected chi connectivity index (χ1v) is 5.81. The number of nitrogens with zero attached hydrogens (tertiary/aromatic N) is 1. The topological polar surface area (TPSA) is 63.2 Å². The molecule has 2 atom stereocenters. The van der Waals surface area contributed by atoms with E-state index < -0.39 is 6.10 Å². The molecule has 2 N–H and O–H groups in total. The third kappa shape index (κ3) is 3.25. The second kappa shape index (κ2) is 5.75. The minimum atomic E-state index is -0.394. The van der Waals surface area contributed by atoms with Gasteiger partial charge in [0.15, 0.2) is 0 Å². The number of carbonyl (C=O) groups excluding carboxylic acids is 1. The lowest BCUT2D eigenvalue weighted by Crippen LogP contribution is -2.48.